The number of furan rings is 1. The fraction of sp³-hybridized carbons (Fsp3) is 0.100. The first-order valence-corrected chi connectivity index (χ1v) is 4.19. The maximum Gasteiger partial charge on any atom is 0.338 e. The molecule has 0 aliphatic rings. The van der Waals surface area contributed by atoms with E-state index in [2.05, 4.69) is 14.4 Å². The van der Waals surface area contributed by atoms with Gasteiger partial charge in [-0.05, 0) is 19.1 Å². The van der Waals surface area contributed by atoms with E-state index in [1.165, 1.54) is 18.6 Å². The van der Waals surface area contributed by atoms with E-state index in [1.807, 2.05) is 6.92 Å². The van der Waals surface area contributed by atoms with Gasteiger partial charge in [-0.25, -0.2) is 14.8 Å². The molecule has 0 saturated heterocycles. The molecule has 78 valence electrons. The Morgan fingerprint density at radius 1 is 1.40 bits per heavy atom. The molecule has 0 amide bonds. The van der Waals surface area contributed by atoms with Crippen molar-refractivity contribution in [3.05, 3.63) is 48.4 Å². The van der Waals surface area contributed by atoms with E-state index >= 15 is 0 Å². The molecule has 5 nitrogen and oxygen atoms in total. The van der Waals surface area contributed by atoms with Crippen molar-refractivity contribution in [3.8, 4) is 0 Å². The van der Waals surface area contributed by atoms with Crippen LogP contribution in [0.5, 0.6) is 0 Å². The van der Waals surface area contributed by atoms with Gasteiger partial charge in [0.15, 0.2) is 0 Å². The van der Waals surface area contributed by atoms with Gasteiger partial charge in [-0.3, -0.25) is 0 Å². The lowest BCUT2D eigenvalue weighted by molar-refractivity contribution is 0.0696. The van der Waals surface area contributed by atoms with Crippen LogP contribution in [0.1, 0.15) is 16.2 Å². The third-order valence-corrected chi connectivity index (χ3v) is 1.46. The maximum atomic E-state index is 10.0. The SMILES string of the molecule is Cc1ncccn1.O=C(O)c1ccoc1. The molecule has 2 aromatic rings. The number of aromatic carboxylic acids is 1. The Labute approximate surface area is 86.4 Å². The molecule has 1 N–H and O–H groups in total. The highest BCUT2D eigenvalue weighted by atomic mass is 16.4. The Morgan fingerprint density at radius 3 is 2.33 bits per heavy atom. The van der Waals surface area contributed by atoms with Gasteiger partial charge in [0, 0.05) is 12.4 Å². The van der Waals surface area contributed by atoms with Crippen LogP contribution in [-0.4, -0.2) is 21.0 Å². The molecule has 0 bridgehead atoms. The van der Waals surface area contributed by atoms with Gasteiger partial charge in [-0.2, -0.15) is 0 Å². The summed E-state index contributed by atoms with van der Waals surface area (Å²) in [6.45, 7) is 1.86. The molecule has 2 aromatic heterocycles. The largest absolute Gasteiger partial charge is 0.478 e. The Bertz CT molecular complexity index is 398. The summed E-state index contributed by atoms with van der Waals surface area (Å²) >= 11 is 0. The van der Waals surface area contributed by atoms with Crippen LogP contribution in [0.4, 0.5) is 0 Å². The first-order chi connectivity index (χ1) is 7.20. The number of rotatable bonds is 1. The summed E-state index contributed by atoms with van der Waals surface area (Å²) in [6, 6.07) is 3.19. The molecule has 15 heavy (non-hydrogen) atoms. The molecule has 0 saturated carbocycles. The van der Waals surface area contributed by atoms with Gasteiger partial charge in [0.05, 0.1) is 11.8 Å². The second-order valence-corrected chi connectivity index (χ2v) is 2.61. The summed E-state index contributed by atoms with van der Waals surface area (Å²) < 4.78 is 4.49. The number of hydrogen-bond donors (Lipinski definition) is 1. The van der Waals surface area contributed by atoms with E-state index < -0.39 is 5.97 Å². The van der Waals surface area contributed by atoms with Gasteiger partial charge in [0.25, 0.3) is 0 Å². The highest BCUT2D eigenvalue weighted by Crippen LogP contribution is 1.97. The second-order valence-electron chi connectivity index (χ2n) is 2.61. The van der Waals surface area contributed by atoms with Gasteiger partial charge in [0.2, 0.25) is 0 Å². The molecule has 5 heteroatoms. The van der Waals surface area contributed by atoms with Crippen molar-refractivity contribution in [2.24, 2.45) is 0 Å². The Morgan fingerprint density at radius 2 is 2.07 bits per heavy atom. The van der Waals surface area contributed by atoms with Crippen molar-refractivity contribution in [2.45, 2.75) is 6.92 Å². The predicted molar refractivity (Wildman–Crippen MR) is 52.4 cm³/mol. The Kier molecular flexibility index (Phi) is 4.03. The van der Waals surface area contributed by atoms with E-state index in [1.54, 1.807) is 18.5 Å². The van der Waals surface area contributed by atoms with Crippen LogP contribution in [0, 0.1) is 6.92 Å². The number of nitrogens with zero attached hydrogens (tertiary/aromatic N) is 2. The fourth-order valence-electron chi connectivity index (χ4n) is 0.760. The second kappa shape index (κ2) is 5.54. The molecule has 2 heterocycles. The van der Waals surface area contributed by atoms with Gasteiger partial charge >= 0.3 is 5.97 Å². The van der Waals surface area contributed by atoms with Crippen LogP contribution >= 0.6 is 0 Å². The first-order valence-electron chi connectivity index (χ1n) is 4.19. The van der Waals surface area contributed by atoms with Crippen molar-refractivity contribution in [3.63, 3.8) is 0 Å². The van der Waals surface area contributed by atoms with Gasteiger partial charge in [-0.15, -0.1) is 0 Å². The van der Waals surface area contributed by atoms with E-state index in [0.717, 1.165) is 5.82 Å². The highest BCUT2D eigenvalue weighted by molar-refractivity contribution is 5.86. The van der Waals surface area contributed by atoms with Crippen LogP contribution in [0.15, 0.2) is 41.5 Å². The van der Waals surface area contributed by atoms with E-state index in [4.69, 9.17) is 5.11 Å². The summed E-state index contributed by atoms with van der Waals surface area (Å²) in [5.41, 5.74) is 0.185. The molecule has 0 fully saturated rings. The zero-order chi connectivity index (χ0) is 11.1. The fourth-order valence-corrected chi connectivity index (χ4v) is 0.760. The van der Waals surface area contributed by atoms with Gasteiger partial charge in [-0.1, -0.05) is 0 Å². The molecule has 0 atom stereocenters. The predicted octanol–water partition coefficient (Wildman–Crippen LogP) is 1.76. The molecule has 2 rings (SSSR count). The van der Waals surface area contributed by atoms with Crippen molar-refractivity contribution in [2.75, 3.05) is 0 Å². The lowest BCUT2D eigenvalue weighted by Gasteiger charge is -1.81. The molecule has 0 unspecified atom stereocenters. The number of carboxylic acids is 1. The molecule has 0 spiro atoms. The molecule has 0 radical (unpaired) electrons. The smallest absolute Gasteiger partial charge is 0.338 e. The van der Waals surface area contributed by atoms with Crippen LogP contribution in [-0.2, 0) is 0 Å². The van der Waals surface area contributed by atoms with Crippen LogP contribution < -0.4 is 0 Å². The molecule has 0 aliphatic heterocycles. The summed E-state index contributed by atoms with van der Waals surface area (Å²) in [5, 5.41) is 8.21. The van der Waals surface area contributed by atoms with E-state index in [0.29, 0.717) is 0 Å². The minimum Gasteiger partial charge on any atom is -0.478 e. The number of hydrogen-bond acceptors (Lipinski definition) is 4. The standard InChI is InChI=1S/C5H6N2.C5H4O3/c1-5-6-3-2-4-7-5;6-5(7)4-1-2-8-3-4/h2-4H,1H3;1-3H,(H,6,7). The molecule has 0 aliphatic carbocycles. The van der Waals surface area contributed by atoms with Crippen LogP contribution in [0.2, 0.25) is 0 Å². The van der Waals surface area contributed by atoms with E-state index in [9.17, 15) is 4.79 Å². The zero-order valence-electron chi connectivity index (χ0n) is 8.12. The molecule has 0 aromatic carbocycles. The maximum absolute atomic E-state index is 10.0. The Hall–Kier alpha value is -2.17. The third kappa shape index (κ3) is 4.04. The quantitative estimate of drug-likeness (QED) is 0.769. The normalized spacial score (nSPS) is 8.87. The number of carboxylic acid groups (broad SMARTS) is 1. The summed E-state index contributed by atoms with van der Waals surface area (Å²) in [6.07, 6.45) is 5.95. The zero-order valence-corrected chi connectivity index (χ0v) is 8.12. The Balaban J connectivity index is 0.000000151. The average molecular weight is 206 g/mol. The van der Waals surface area contributed by atoms with Crippen molar-refractivity contribution >= 4 is 5.97 Å². The summed E-state index contributed by atoms with van der Waals surface area (Å²) in [5.74, 6) is -0.138. The lowest BCUT2D eigenvalue weighted by Crippen LogP contribution is -1.90. The van der Waals surface area contributed by atoms with Gasteiger partial charge < -0.3 is 9.52 Å². The molecular formula is C10H10N2O3. The minimum absolute atomic E-state index is 0.185. The van der Waals surface area contributed by atoms with Crippen LogP contribution in [0.25, 0.3) is 0 Å². The minimum atomic E-state index is -0.959. The van der Waals surface area contributed by atoms with Crippen LogP contribution in [0.3, 0.4) is 0 Å². The van der Waals surface area contributed by atoms with Crippen molar-refractivity contribution in [1.29, 1.82) is 0 Å². The monoisotopic (exact) mass is 206 g/mol. The number of carbonyl (C=O) groups is 1. The molecular weight excluding hydrogens is 196 g/mol. The summed E-state index contributed by atoms with van der Waals surface area (Å²) in [7, 11) is 0. The van der Waals surface area contributed by atoms with Crippen molar-refractivity contribution in [1.82, 2.24) is 9.97 Å². The topological polar surface area (TPSA) is 76.2 Å². The number of aryl methyl sites for hydroxylation is 1. The first kappa shape index (κ1) is 10.9. The van der Waals surface area contributed by atoms with Crippen molar-refractivity contribution < 1.29 is 14.3 Å². The average Bonchev–Trinajstić information content (AvgIpc) is 2.72. The third-order valence-electron chi connectivity index (χ3n) is 1.46. The lowest BCUT2D eigenvalue weighted by atomic mass is 10.4. The number of aromatic nitrogens is 2. The highest BCUT2D eigenvalue weighted by Gasteiger charge is 2.00. The summed E-state index contributed by atoms with van der Waals surface area (Å²) in [4.78, 5) is 17.7. The van der Waals surface area contributed by atoms with E-state index in [-0.39, 0.29) is 5.56 Å². The van der Waals surface area contributed by atoms with Gasteiger partial charge in [0.1, 0.15) is 12.1 Å².